The van der Waals surface area contributed by atoms with E-state index in [1.165, 1.54) is 38.5 Å². The van der Waals surface area contributed by atoms with Crippen LogP contribution in [0.1, 0.15) is 51.9 Å². The van der Waals surface area contributed by atoms with Gasteiger partial charge in [0.15, 0.2) is 6.61 Å². The number of primary amides is 1. The van der Waals surface area contributed by atoms with Gasteiger partial charge in [-0.2, -0.15) is 11.8 Å². The van der Waals surface area contributed by atoms with Crippen LogP contribution in [0, 0.1) is 23.2 Å². The number of nitrogens with two attached hydrogens (primary N) is 1. The zero-order valence-electron chi connectivity index (χ0n) is 16.9. The number of ether oxygens (including phenoxy) is 1. The molecule has 8 heteroatoms. The zero-order valence-corrected chi connectivity index (χ0v) is 17.7. The predicted molar refractivity (Wildman–Crippen MR) is 109 cm³/mol. The zero-order chi connectivity index (χ0) is 20.3. The quantitative estimate of drug-likeness (QED) is 0.503. The van der Waals surface area contributed by atoms with Crippen LogP contribution in [0.3, 0.4) is 0 Å². The predicted octanol–water partition coefficient (Wildman–Crippen LogP) is 2.04. The van der Waals surface area contributed by atoms with E-state index in [0.29, 0.717) is 12.2 Å². The van der Waals surface area contributed by atoms with Crippen molar-refractivity contribution in [2.75, 3.05) is 18.6 Å². The van der Waals surface area contributed by atoms with Crippen molar-refractivity contribution in [1.82, 2.24) is 10.6 Å². The van der Waals surface area contributed by atoms with Gasteiger partial charge in [0.1, 0.15) is 6.04 Å². The Labute approximate surface area is 171 Å². The van der Waals surface area contributed by atoms with Gasteiger partial charge in [0, 0.05) is 6.04 Å². The Kier molecular flexibility index (Phi) is 6.78. The number of hydrogen-bond donors (Lipinski definition) is 3. The Morgan fingerprint density at radius 2 is 1.68 bits per heavy atom. The molecule has 0 aromatic heterocycles. The average Bonchev–Trinajstić information content (AvgIpc) is 2.61. The molecule has 0 aromatic rings. The molecule has 0 aliphatic heterocycles. The van der Waals surface area contributed by atoms with E-state index in [9.17, 15) is 14.4 Å². The Hall–Kier alpha value is -1.44. The molecule has 7 nitrogen and oxygen atoms in total. The number of thioether (sulfide) groups is 1. The van der Waals surface area contributed by atoms with Crippen molar-refractivity contribution >= 4 is 29.7 Å². The second-order valence-corrected chi connectivity index (χ2v) is 10.0. The largest absolute Gasteiger partial charge is 0.454 e. The van der Waals surface area contributed by atoms with Crippen LogP contribution < -0.4 is 16.4 Å². The molecule has 4 N–H and O–H groups in total. The smallest absolute Gasteiger partial charge is 0.329 e. The monoisotopic (exact) mass is 411 g/mol. The van der Waals surface area contributed by atoms with Gasteiger partial charge in [0.25, 0.3) is 5.91 Å². The fourth-order valence-corrected chi connectivity index (χ4v) is 6.51. The molecule has 0 spiro atoms. The number of rotatable bonds is 9. The molecule has 0 unspecified atom stereocenters. The van der Waals surface area contributed by atoms with Crippen LogP contribution in [0.4, 0.5) is 4.79 Å². The summed E-state index contributed by atoms with van der Waals surface area (Å²) in [6, 6.07) is -1.51. The summed E-state index contributed by atoms with van der Waals surface area (Å²) < 4.78 is 5.15. The van der Waals surface area contributed by atoms with Gasteiger partial charge in [-0.25, -0.2) is 9.59 Å². The molecule has 0 radical (unpaired) electrons. The first kappa shape index (κ1) is 21.3. The summed E-state index contributed by atoms with van der Waals surface area (Å²) in [4.78, 5) is 35.7. The van der Waals surface area contributed by atoms with Crippen LogP contribution >= 0.6 is 11.8 Å². The van der Waals surface area contributed by atoms with Gasteiger partial charge in [0.05, 0.1) is 0 Å². The summed E-state index contributed by atoms with van der Waals surface area (Å²) in [7, 11) is 0. The fourth-order valence-electron chi connectivity index (χ4n) is 6.04. The van der Waals surface area contributed by atoms with Gasteiger partial charge in [0.2, 0.25) is 0 Å². The molecule has 4 rings (SSSR count). The SMILES string of the molecule is CSCC[C@@H](NC(N)=O)C(=O)OCC(=O)N[C@@H](C)C12CC3CC(CC(C3)C1)C2. The Morgan fingerprint density at radius 1 is 1.11 bits per heavy atom. The van der Waals surface area contributed by atoms with Crippen LogP contribution in [0.5, 0.6) is 0 Å². The van der Waals surface area contributed by atoms with Crippen LogP contribution in [0.25, 0.3) is 0 Å². The number of carbonyl (C=O) groups excluding carboxylic acids is 3. The second kappa shape index (κ2) is 8.93. The van der Waals surface area contributed by atoms with Crippen molar-refractivity contribution in [3.8, 4) is 0 Å². The van der Waals surface area contributed by atoms with E-state index in [2.05, 4.69) is 17.6 Å². The van der Waals surface area contributed by atoms with Gasteiger partial charge in [-0.05, 0) is 87.0 Å². The van der Waals surface area contributed by atoms with Crippen LogP contribution in [0.2, 0.25) is 0 Å². The molecule has 4 saturated carbocycles. The number of amides is 3. The molecule has 158 valence electrons. The lowest BCUT2D eigenvalue weighted by molar-refractivity contribution is -0.151. The third kappa shape index (κ3) is 4.93. The van der Waals surface area contributed by atoms with Gasteiger partial charge in [-0.15, -0.1) is 0 Å². The lowest BCUT2D eigenvalue weighted by atomic mass is 9.48. The first-order chi connectivity index (χ1) is 13.3. The maximum atomic E-state index is 12.4. The standard InChI is InChI=1S/C20H33N3O4S/c1-12(20-8-13-5-14(9-20)7-15(6-13)10-20)22-17(24)11-27-18(25)16(3-4-28-2)23-19(21)26/h12-16H,3-11H2,1-2H3,(H,22,24)(H3,21,23,26)/t12-,13?,14?,15?,16+,20?/m0/s1. The molecule has 2 atom stereocenters. The third-order valence-electron chi connectivity index (χ3n) is 6.94. The van der Waals surface area contributed by atoms with Crippen LogP contribution in [0.15, 0.2) is 0 Å². The lowest BCUT2D eigenvalue weighted by Crippen LogP contribution is -2.56. The number of esters is 1. The van der Waals surface area contributed by atoms with Crippen molar-refractivity contribution in [2.24, 2.45) is 28.9 Å². The van der Waals surface area contributed by atoms with E-state index in [4.69, 9.17) is 10.5 Å². The fraction of sp³-hybridized carbons (Fsp3) is 0.850. The second-order valence-electron chi connectivity index (χ2n) is 9.02. The number of nitrogens with one attached hydrogen (secondary N) is 2. The topological polar surface area (TPSA) is 111 Å². The highest BCUT2D eigenvalue weighted by atomic mass is 32.2. The van der Waals surface area contributed by atoms with E-state index in [1.54, 1.807) is 11.8 Å². The van der Waals surface area contributed by atoms with Crippen LogP contribution in [-0.4, -0.2) is 48.6 Å². The lowest BCUT2D eigenvalue weighted by Gasteiger charge is -2.59. The Morgan fingerprint density at radius 3 is 2.18 bits per heavy atom. The highest BCUT2D eigenvalue weighted by Gasteiger charge is 2.53. The molecule has 0 heterocycles. The minimum Gasteiger partial charge on any atom is -0.454 e. The molecule has 4 fully saturated rings. The van der Waals surface area contributed by atoms with E-state index in [-0.39, 0.29) is 24.0 Å². The summed E-state index contributed by atoms with van der Waals surface area (Å²) in [5.41, 5.74) is 5.34. The summed E-state index contributed by atoms with van der Waals surface area (Å²) in [6.07, 6.45) is 10.0. The van der Waals surface area contributed by atoms with Crippen molar-refractivity contribution in [1.29, 1.82) is 0 Å². The third-order valence-corrected chi connectivity index (χ3v) is 7.58. The van der Waals surface area contributed by atoms with Crippen molar-refractivity contribution in [3.63, 3.8) is 0 Å². The summed E-state index contributed by atoms with van der Waals surface area (Å²) in [5, 5.41) is 5.47. The Balaban J connectivity index is 1.48. The average molecular weight is 412 g/mol. The highest BCUT2D eigenvalue weighted by Crippen LogP contribution is 2.61. The summed E-state index contributed by atoms with van der Waals surface area (Å²) in [5.74, 6) is 2.24. The first-order valence-electron chi connectivity index (χ1n) is 10.3. The van der Waals surface area contributed by atoms with Crippen molar-refractivity contribution < 1.29 is 19.1 Å². The minimum atomic E-state index is -0.821. The first-order valence-corrected chi connectivity index (χ1v) is 11.7. The number of hydrogen-bond acceptors (Lipinski definition) is 5. The number of carbonyl (C=O) groups is 3. The minimum absolute atomic E-state index is 0.0862. The molecular formula is C20H33N3O4S. The van der Waals surface area contributed by atoms with E-state index >= 15 is 0 Å². The highest BCUT2D eigenvalue weighted by molar-refractivity contribution is 7.98. The molecule has 4 bridgehead atoms. The van der Waals surface area contributed by atoms with Gasteiger partial charge in [-0.1, -0.05) is 0 Å². The summed E-state index contributed by atoms with van der Waals surface area (Å²) >= 11 is 1.56. The normalized spacial score (nSPS) is 32.4. The van der Waals surface area contributed by atoms with Crippen molar-refractivity contribution in [3.05, 3.63) is 0 Å². The van der Waals surface area contributed by atoms with Gasteiger partial charge in [-0.3, -0.25) is 4.79 Å². The Bertz CT molecular complexity index is 577. The maximum Gasteiger partial charge on any atom is 0.329 e. The molecule has 4 aliphatic rings. The van der Waals surface area contributed by atoms with E-state index < -0.39 is 18.0 Å². The summed E-state index contributed by atoms with van der Waals surface area (Å²) in [6.45, 7) is 1.77. The molecule has 0 saturated heterocycles. The van der Waals surface area contributed by atoms with Gasteiger partial charge < -0.3 is 21.1 Å². The molecule has 4 aliphatic carbocycles. The van der Waals surface area contributed by atoms with Crippen molar-refractivity contribution in [2.45, 2.75) is 64.0 Å². The van der Waals surface area contributed by atoms with E-state index in [0.717, 1.165) is 17.8 Å². The van der Waals surface area contributed by atoms with E-state index in [1.807, 2.05) is 6.26 Å². The molecule has 3 amide bonds. The number of urea groups is 1. The molecular weight excluding hydrogens is 378 g/mol. The molecule has 28 heavy (non-hydrogen) atoms. The molecule has 0 aromatic carbocycles. The van der Waals surface area contributed by atoms with Gasteiger partial charge >= 0.3 is 12.0 Å². The maximum absolute atomic E-state index is 12.4. The van der Waals surface area contributed by atoms with Crippen LogP contribution in [-0.2, 0) is 14.3 Å².